The first-order valence-electron chi connectivity index (χ1n) is 6.30. The molecule has 4 heteroatoms. The Labute approximate surface area is 107 Å². The fourth-order valence-corrected chi connectivity index (χ4v) is 3.19. The maximum atomic E-state index is 12.7. The van der Waals surface area contributed by atoms with E-state index in [0.29, 0.717) is 6.61 Å². The highest BCUT2D eigenvalue weighted by Gasteiger charge is 2.62. The van der Waals surface area contributed by atoms with Gasteiger partial charge < -0.3 is 14.4 Å². The van der Waals surface area contributed by atoms with Gasteiger partial charge in [-0.3, -0.25) is 4.79 Å². The molecule has 2 fully saturated rings. The summed E-state index contributed by atoms with van der Waals surface area (Å²) in [6.45, 7) is 6.68. The zero-order valence-electron chi connectivity index (χ0n) is 11.3. The second-order valence-corrected chi connectivity index (χ2v) is 6.10. The van der Waals surface area contributed by atoms with E-state index < -0.39 is 5.41 Å². The molecule has 4 nitrogen and oxygen atoms in total. The molecule has 1 amide bonds. The number of hydrogen-bond acceptors (Lipinski definition) is 3. The van der Waals surface area contributed by atoms with E-state index in [0.717, 1.165) is 5.76 Å². The number of nitrogens with zero attached hydrogens (tertiary/aromatic N) is 1. The summed E-state index contributed by atoms with van der Waals surface area (Å²) in [5.41, 5.74) is -0.721. The molecule has 3 aliphatic rings. The first-order chi connectivity index (χ1) is 8.40. The Morgan fingerprint density at radius 2 is 2.17 bits per heavy atom. The molecule has 1 aliphatic carbocycles. The zero-order valence-corrected chi connectivity index (χ0v) is 11.3. The van der Waals surface area contributed by atoms with E-state index in [4.69, 9.17) is 9.47 Å². The van der Waals surface area contributed by atoms with Crippen molar-refractivity contribution in [2.75, 3.05) is 13.7 Å². The Balaban J connectivity index is 2.06. The van der Waals surface area contributed by atoms with Gasteiger partial charge in [0.15, 0.2) is 0 Å². The van der Waals surface area contributed by atoms with Crippen LogP contribution in [0.3, 0.4) is 0 Å². The molecule has 3 atom stereocenters. The molecule has 2 saturated heterocycles. The average Bonchev–Trinajstić information content (AvgIpc) is 2.75. The fourth-order valence-electron chi connectivity index (χ4n) is 3.19. The van der Waals surface area contributed by atoms with Gasteiger partial charge >= 0.3 is 0 Å². The van der Waals surface area contributed by atoms with E-state index in [-0.39, 0.29) is 23.6 Å². The molecule has 0 aromatic carbocycles. The van der Waals surface area contributed by atoms with Gasteiger partial charge in [0.05, 0.1) is 24.7 Å². The molecule has 0 bridgehead atoms. The standard InChI is InChI=1S/C14H19NO3/c1-13(2)8-18-11-10-7-9(17-4)5-6-14(10,3)12(16)15(11)13/h5-7,10-11H,8H2,1-4H3/t10-,11+,14-/m1/s1. The maximum absolute atomic E-state index is 12.7. The van der Waals surface area contributed by atoms with Crippen LogP contribution >= 0.6 is 0 Å². The number of carbonyl (C=O) groups excluding carboxylic acids is 1. The van der Waals surface area contributed by atoms with E-state index in [1.54, 1.807) is 7.11 Å². The molecule has 98 valence electrons. The van der Waals surface area contributed by atoms with Crippen molar-refractivity contribution in [3.8, 4) is 0 Å². The van der Waals surface area contributed by atoms with Crippen LogP contribution in [0.15, 0.2) is 24.0 Å². The largest absolute Gasteiger partial charge is 0.497 e. The van der Waals surface area contributed by atoms with Crippen molar-refractivity contribution in [2.45, 2.75) is 32.5 Å². The van der Waals surface area contributed by atoms with Gasteiger partial charge in [-0.2, -0.15) is 0 Å². The lowest BCUT2D eigenvalue weighted by Crippen LogP contribution is -2.46. The van der Waals surface area contributed by atoms with Crippen LogP contribution in [-0.4, -0.2) is 36.3 Å². The number of methoxy groups -OCH3 is 1. The predicted octanol–water partition coefficient (Wildman–Crippen LogP) is 1.69. The Morgan fingerprint density at radius 1 is 1.44 bits per heavy atom. The number of allylic oxidation sites excluding steroid dienone is 1. The van der Waals surface area contributed by atoms with Gasteiger partial charge in [0.2, 0.25) is 5.91 Å². The normalized spacial score (nSPS) is 40.6. The number of ether oxygens (including phenoxy) is 2. The number of rotatable bonds is 1. The first-order valence-corrected chi connectivity index (χ1v) is 6.30. The number of carbonyl (C=O) groups is 1. The summed E-state index contributed by atoms with van der Waals surface area (Å²) in [4.78, 5) is 14.6. The predicted molar refractivity (Wildman–Crippen MR) is 66.5 cm³/mol. The lowest BCUT2D eigenvalue weighted by Gasteiger charge is -2.30. The Morgan fingerprint density at radius 3 is 2.83 bits per heavy atom. The zero-order chi connectivity index (χ0) is 13.1. The van der Waals surface area contributed by atoms with E-state index in [1.807, 2.05) is 30.1 Å². The van der Waals surface area contributed by atoms with E-state index in [2.05, 4.69) is 13.8 Å². The molecule has 0 N–H and O–H groups in total. The van der Waals surface area contributed by atoms with Crippen molar-refractivity contribution in [3.63, 3.8) is 0 Å². The van der Waals surface area contributed by atoms with Crippen LogP contribution in [0.1, 0.15) is 20.8 Å². The van der Waals surface area contributed by atoms with Crippen molar-refractivity contribution in [2.24, 2.45) is 11.3 Å². The summed E-state index contributed by atoms with van der Waals surface area (Å²) < 4.78 is 11.1. The SMILES string of the molecule is COC1=C[C@@H]2[C@@H]3OCC(C)(C)N3C(=O)[C@]2(C)C=C1. The average molecular weight is 249 g/mol. The number of fused-ring (bicyclic) bond motifs is 3. The second kappa shape index (κ2) is 3.38. The van der Waals surface area contributed by atoms with Crippen molar-refractivity contribution in [1.29, 1.82) is 0 Å². The van der Waals surface area contributed by atoms with Crippen LogP contribution in [0.25, 0.3) is 0 Å². The van der Waals surface area contributed by atoms with Crippen LogP contribution in [0.2, 0.25) is 0 Å². The molecule has 0 aromatic heterocycles. The van der Waals surface area contributed by atoms with Gasteiger partial charge in [0.1, 0.15) is 12.0 Å². The van der Waals surface area contributed by atoms with E-state index in [9.17, 15) is 4.79 Å². The molecule has 0 aromatic rings. The first kappa shape index (κ1) is 11.8. The minimum Gasteiger partial charge on any atom is -0.497 e. The highest BCUT2D eigenvalue weighted by Crippen LogP contribution is 2.51. The molecule has 0 spiro atoms. The van der Waals surface area contributed by atoms with Crippen LogP contribution in [0.4, 0.5) is 0 Å². The van der Waals surface area contributed by atoms with Crippen LogP contribution in [0, 0.1) is 11.3 Å². The van der Waals surface area contributed by atoms with Gasteiger partial charge in [-0.05, 0) is 32.9 Å². The smallest absolute Gasteiger partial charge is 0.235 e. The summed E-state index contributed by atoms with van der Waals surface area (Å²) in [6.07, 6.45) is 5.69. The Hall–Kier alpha value is -1.29. The third-order valence-electron chi connectivity index (χ3n) is 4.37. The Kier molecular flexibility index (Phi) is 2.21. The highest BCUT2D eigenvalue weighted by molar-refractivity contribution is 5.89. The minimum atomic E-state index is -0.496. The molecule has 2 aliphatic heterocycles. The van der Waals surface area contributed by atoms with Crippen LogP contribution in [-0.2, 0) is 14.3 Å². The quantitative estimate of drug-likeness (QED) is 0.710. The second-order valence-electron chi connectivity index (χ2n) is 6.10. The molecular weight excluding hydrogens is 230 g/mol. The maximum Gasteiger partial charge on any atom is 0.235 e. The third-order valence-corrected chi connectivity index (χ3v) is 4.37. The van der Waals surface area contributed by atoms with Crippen LogP contribution < -0.4 is 0 Å². The van der Waals surface area contributed by atoms with Crippen molar-refractivity contribution < 1.29 is 14.3 Å². The van der Waals surface area contributed by atoms with Gasteiger partial charge in [-0.1, -0.05) is 6.08 Å². The molecule has 18 heavy (non-hydrogen) atoms. The summed E-state index contributed by atoms with van der Waals surface area (Å²) >= 11 is 0. The summed E-state index contributed by atoms with van der Waals surface area (Å²) in [5, 5.41) is 0. The monoisotopic (exact) mass is 249 g/mol. The number of amides is 1. The van der Waals surface area contributed by atoms with E-state index >= 15 is 0 Å². The van der Waals surface area contributed by atoms with Gasteiger partial charge in [-0.25, -0.2) is 0 Å². The van der Waals surface area contributed by atoms with E-state index in [1.165, 1.54) is 0 Å². The Bertz CT molecular complexity index is 466. The summed E-state index contributed by atoms with van der Waals surface area (Å²) in [5.74, 6) is 0.995. The van der Waals surface area contributed by atoms with Gasteiger partial charge in [0.25, 0.3) is 0 Å². The van der Waals surface area contributed by atoms with Gasteiger partial charge in [0, 0.05) is 5.92 Å². The molecule has 2 heterocycles. The molecular formula is C14H19NO3. The third kappa shape index (κ3) is 1.27. The molecule has 3 rings (SSSR count). The summed E-state index contributed by atoms with van der Waals surface area (Å²) in [6, 6.07) is 0. The van der Waals surface area contributed by atoms with Gasteiger partial charge in [-0.15, -0.1) is 0 Å². The molecule has 0 unspecified atom stereocenters. The van der Waals surface area contributed by atoms with Crippen molar-refractivity contribution in [1.82, 2.24) is 4.90 Å². The molecule has 0 saturated carbocycles. The minimum absolute atomic E-state index is 0.0340. The topological polar surface area (TPSA) is 38.8 Å². The fraction of sp³-hybridized carbons (Fsp3) is 0.643. The lowest BCUT2D eigenvalue weighted by atomic mass is 9.75. The molecule has 0 radical (unpaired) electrons. The lowest BCUT2D eigenvalue weighted by molar-refractivity contribution is -0.137. The highest BCUT2D eigenvalue weighted by atomic mass is 16.5. The van der Waals surface area contributed by atoms with Crippen LogP contribution in [0.5, 0.6) is 0 Å². The number of hydrogen-bond donors (Lipinski definition) is 0. The van der Waals surface area contributed by atoms with Crippen molar-refractivity contribution in [3.05, 3.63) is 24.0 Å². The summed E-state index contributed by atoms with van der Waals surface area (Å²) in [7, 11) is 1.65. The van der Waals surface area contributed by atoms with Crippen molar-refractivity contribution >= 4 is 5.91 Å².